The Balaban J connectivity index is 1.61. The lowest BCUT2D eigenvalue weighted by Gasteiger charge is -2.14. The average molecular weight is 421 g/mol. The molecule has 2 N–H and O–H groups in total. The molecule has 3 aromatic rings. The number of thiazole rings is 1. The van der Waals surface area contributed by atoms with Gasteiger partial charge in [-0.3, -0.25) is 4.79 Å². The predicted molar refractivity (Wildman–Crippen MR) is 105 cm³/mol. The van der Waals surface area contributed by atoms with Gasteiger partial charge in [0.15, 0.2) is 0 Å². The monoisotopic (exact) mass is 420 g/mol. The van der Waals surface area contributed by atoms with Gasteiger partial charge in [0.1, 0.15) is 14.8 Å². The summed E-state index contributed by atoms with van der Waals surface area (Å²) in [6.45, 7) is 1.93. The predicted octanol–water partition coefficient (Wildman–Crippen LogP) is 3.47. The van der Waals surface area contributed by atoms with Crippen molar-refractivity contribution < 1.29 is 18.3 Å². The van der Waals surface area contributed by atoms with E-state index in [1.807, 2.05) is 37.3 Å². The van der Waals surface area contributed by atoms with E-state index in [1.54, 1.807) is 12.3 Å². The van der Waals surface area contributed by atoms with Crippen molar-refractivity contribution in [3.8, 4) is 9.88 Å². The summed E-state index contributed by atoms with van der Waals surface area (Å²) in [4.78, 5) is 17.9. The van der Waals surface area contributed by atoms with E-state index in [1.165, 1.54) is 17.4 Å². The number of nitrogens with zero attached hydrogens (tertiary/aromatic N) is 1. The van der Waals surface area contributed by atoms with Crippen LogP contribution in [0.3, 0.4) is 0 Å². The van der Waals surface area contributed by atoms with Crippen molar-refractivity contribution in [1.82, 2.24) is 9.71 Å². The van der Waals surface area contributed by atoms with Crippen molar-refractivity contribution in [3.63, 3.8) is 0 Å². The molecule has 27 heavy (non-hydrogen) atoms. The molecule has 0 spiro atoms. The SMILES string of the molecule is Cc1cnc(-c2ccc(S(=O)(=O)N[C@@]3(C(=O)O)C[C@@H]3c3ccccc3)s2)s1. The number of aryl methyl sites for hydroxylation is 1. The molecule has 1 aliphatic carbocycles. The maximum atomic E-state index is 12.8. The number of carboxylic acid groups (broad SMARTS) is 1. The minimum atomic E-state index is -3.96. The van der Waals surface area contributed by atoms with E-state index in [2.05, 4.69) is 9.71 Å². The second-order valence-corrected chi connectivity index (χ2v) is 10.7. The van der Waals surface area contributed by atoms with Gasteiger partial charge < -0.3 is 5.11 Å². The molecule has 140 valence electrons. The van der Waals surface area contributed by atoms with Crippen LogP contribution in [0.5, 0.6) is 0 Å². The van der Waals surface area contributed by atoms with Gasteiger partial charge in [-0.05, 0) is 31.0 Å². The number of sulfonamides is 1. The van der Waals surface area contributed by atoms with Crippen LogP contribution in [0.25, 0.3) is 9.88 Å². The first-order valence-corrected chi connectivity index (χ1v) is 11.3. The van der Waals surface area contributed by atoms with Gasteiger partial charge in [-0.1, -0.05) is 30.3 Å². The van der Waals surface area contributed by atoms with Crippen LogP contribution < -0.4 is 4.72 Å². The van der Waals surface area contributed by atoms with Gasteiger partial charge >= 0.3 is 5.97 Å². The minimum absolute atomic E-state index is 0.0877. The summed E-state index contributed by atoms with van der Waals surface area (Å²) in [6.07, 6.45) is 1.97. The van der Waals surface area contributed by atoms with Gasteiger partial charge in [0.25, 0.3) is 10.0 Å². The number of aromatic nitrogens is 1. The van der Waals surface area contributed by atoms with Crippen molar-refractivity contribution in [3.05, 3.63) is 59.1 Å². The number of carbonyl (C=O) groups is 1. The third-order valence-electron chi connectivity index (χ3n) is 4.54. The number of aliphatic carboxylic acids is 1. The highest BCUT2D eigenvalue weighted by molar-refractivity contribution is 7.91. The Kier molecular flexibility index (Phi) is 4.42. The summed E-state index contributed by atoms with van der Waals surface area (Å²) >= 11 is 2.57. The first-order chi connectivity index (χ1) is 12.8. The van der Waals surface area contributed by atoms with E-state index < -0.39 is 21.5 Å². The molecule has 9 heteroatoms. The largest absolute Gasteiger partial charge is 0.480 e. The van der Waals surface area contributed by atoms with E-state index in [9.17, 15) is 18.3 Å². The smallest absolute Gasteiger partial charge is 0.325 e. The number of nitrogens with one attached hydrogen (secondary N) is 1. The fraction of sp³-hybridized carbons (Fsp3) is 0.222. The molecule has 0 saturated heterocycles. The van der Waals surface area contributed by atoms with Crippen molar-refractivity contribution in [2.45, 2.75) is 29.0 Å². The molecule has 1 saturated carbocycles. The molecule has 1 fully saturated rings. The quantitative estimate of drug-likeness (QED) is 0.637. The van der Waals surface area contributed by atoms with Crippen LogP contribution in [0.15, 0.2) is 52.9 Å². The molecular weight excluding hydrogens is 404 g/mol. The Hall–Kier alpha value is -2.07. The van der Waals surface area contributed by atoms with E-state index in [4.69, 9.17) is 0 Å². The molecule has 2 aromatic heterocycles. The van der Waals surface area contributed by atoms with E-state index in [0.717, 1.165) is 31.7 Å². The molecule has 4 rings (SSSR count). The van der Waals surface area contributed by atoms with Crippen LogP contribution in [0.2, 0.25) is 0 Å². The van der Waals surface area contributed by atoms with E-state index in [-0.39, 0.29) is 16.5 Å². The van der Waals surface area contributed by atoms with Crippen LogP contribution >= 0.6 is 22.7 Å². The Labute approximate surface area is 164 Å². The first-order valence-electron chi connectivity index (χ1n) is 8.17. The maximum Gasteiger partial charge on any atom is 0.325 e. The van der Waals surface area contributed by atoms with Crippen LogP contribution in [0.4, 0.5) is 0 Å². The lowest BCUT2D eigenvalue weighted by atomic mass is 10.1. The zero-order valence-corrected chi connectivity index (χ0v) is 16.7. The van der Waals surface area contributed by atoms with Crippen LogP contribution in [-0.2, 0) is 14.8 Å². The molecular formula is C18H16N2O4S3. The van der Waals surface area contributed by atoms with Crippen LogP contribution in [-0.4, -0.2) is 30.0 Å². The molecule has 0 unspecified atom stereocenters. The van der Waals surface area contributed by atoms with Gasteiger partial charge in [-0.2, -0.15) is 4.72 Å². The van der Waals surface area contributed by atoms with Crippen molar-refractivity contribution >= 4 is 38.7 Å². The number of hydrogen-bond donors (Lipinski definition) is 2. The lowest BCUT2D eigenvalue weighted by molar-refractivity contribution is -0.140. The molecule has 2 atom stereocenters. The zero-order chi connectivity index (χ0) is 19.2. The van der Waals surface area contributed by atoms with Crippen molar-refractivity contribution in [1.29, 1.82) is 0 Å². The van der Waals surface area contributed by atoms with Gasteiger partial charge in [-0.25, -0.2) is 13.4 Å². The number of benzene rings is 1. The molecule has 0 bridgehead atoms. The highest BCUT2D eigenvalue weighted by Crippen LogP contribution is 2.52. The normalized spacial score (nSPS) is 21.9. The molecule has 1 aromatic carbocycles. The number of rotatable bonds is 6. The number of carboxylic acids is 1. The lowest BCUT2D eigenvalue weighted by Crippen LogP contribution is -2.44. The molecule has 1 aliphatic rings. The Bertz CT molecular complexity index is 1100. The highest BCUT2D eigenvalue weighted by Gasteiger charge is 2.63. The molecule has 6 nitrogen and oxygen atoms in total. The van der Waals surface area contributed by atoms with E-state index in [0.29, 0.717) is 0 Å². The maximum absolute atomic E-state index is 12.8. The average Bonchev–Trinajstić information content (AvgIpc) is 2.98. The third kappa shape index (κ3) is 3.31. The van der Waals surface area contributed by atoms with Gasteiger partial charge in [0.05, 0.1) is 4.88 Å². The molecule has 0 amide bonds. The second kappa shape index (κ2) is 6.52. The second-order valence-electron chi connectivity index (χ2n) is 6.44. The summed E-state index contributed by atoms with van der Waals surface area (Å²) in [6, 6.07) is 12.3. The molecule has 2 heterocycles. The fourth-order valence-corrected chi connectivity index (χ4v) is 6.62. The van der Waals surface area contributed by atoms with Gasteiger partial charge in [-0.15, -0.1) is 22.7 Å². The summed E-state index contributed by atoms with van der Waals surface area (Å²) in [7, 11) is -3.96. The first kappa shape index (κ1) is 18.3. The van der Waals surface area contributed by atoms with Crippen molar-refractivity contribution in [2.75, 3.05) is 0 Å². The Morgan fingerprint density at radius 3 is 2.59 bits per heavy atom. The summed E-state index contributed by atoms with van der Waals surface area (Å²) in [5, 5.41) is 10.5. The molecule has 0 aliphatic heterocycles. The number of hydrogen-bond acceptors (Lipinski definition) is 6. The minimum Gasteiger partial charge on any atom is -0.480 e. The van der Waals surface area contributed by atoms with Crippen LogP contribution in [0.1, 0.15) is 22.8 Å². The Morgan fingerprint density at radius 2 is 1.96 bits per heavy atom. The third-order valence-corrected chi connectivity index (χ3v) is 8.71. The Morgan fingerprint density at radius 1 is 1.22 bits per heavy atom. The highest BCUT2D eigenvalue weighted by atomic mass is 32.2. The zero-order valence-electron chi connectivity index (χ0n) is 14.2. The summed E-state index contributed by atoms with van der Waals surface area (Å²) in [5.41, 5.74) is -0.685. The van der Waals surface area contributed by atoms with Gasteiger partial charge in [0.2, 0.25) is 0 Å². The van der Waals surface area contributed by atoms with Crippen molar-refractivity contribution in [2.24, 2.45) is 0 Å². The standard InChI is InChI=1S/C18H16N2O4S3/c1-11-10-19-16(25-11)14-7-8-15(26-14)27(23,24)20-18(17(21)22)9-13(18)12-5-3-2-4-6-12/h2-8,10,13,20H,9H2,1H3,(H,21,22)/t13-,18+/m1/s1. The van der Waals surface area contributed by atoms with Gasteiger partial charge in [0, 0.05) is 17.0 Å². The summed E-state index contributed by atoms with van der Waals surface area (Å²) in [5.74, 6) is -1.54. The van der Waals surface area contributed by atoms with E-state index >= 15 is 0 Å². The number of thiophene rings is 1. The summed E-state index contributed by atoms with van der Waals surface area (Å²) < 4.78 is 28.2. The fourth-order valence-electron chi connectivity index (χ4n) is 3.08. The topological polar surface area (TPSA) is 96.4 Å². The molecule has 0 radical (unpaired) electrons. The van der Waals surface area contributed by atoms with Crippen LogP contribution in [0, 0.1) is 6.92 Å².